The first-order valence-corrected chi connectivity index (χ1v) is 14.7. The Morgan fingerprint density at radius 1 is 1.15 bits per heavy atom. The Kier molecular flexibility index (Phi) is 9.22. The maximum Gasteiger partial charge on any atom is 0.325 e. The summed E-state index contributed by atoms with van der Waals surface area (Å²) in [7, 11) is 0. The van der Waals surface area contributed by atoms with Gasteiger partial charge in [0.15, 0.2) is 12.4 Å². The lowest BCUT2D eigenvalue weighted by molar-refractivity contribution is -0.757. The van der Waals surface area contributed by atoms with Crippen LogP contribution >= 0.6 is 0 Å². The van der Waals surface area contributed by atoms with Gasteiger partial charge in [-0.2, -0.15) is 0 Å². The van der Waals surface area contributed by atoms with E-state index in [9.17, 15) is 39.5 Å². The highest BCUT2D eigenvalue weighted by Gasteiger charge is 2.68. The molecule has 0 bridgehead atoms. The second-order valence-corrected chi connectivity index (χ2v) is 12.7. The van der Waals surface area contributed by atoms with E-state index in [0.717, 1.165) is 18.4 Å². The number of carbonyl (C=O) groups is 4. The minimum absolute atomic E-state index is 0.0157. The number of fused-ring (bicyclic) bond motifs is 5. The van der Waals surface area contributed by atoms with Crippen LogP contribution in [0.5, 0.6) is 0 Å². The van der Waals surface area contributed by atoms with Crippen LogP contribution in [0.1, 0.15) is 84.5 Å². The molecule has 1 amide bonds. The summed E-state index contributed by atoms with van der Waals surface area (Å²) in [5, 5.41) is 34.9. The summed E-state index contributed by atoms with van der Waals surface area (Å²) in [5.41, 5.74) is -1.78. The third kappa shape index (κ3) is 6.04. The van der Waals surface area contributed by atoms with Gasteiger partial charge in [-0.15, -0.1) is 10.1 Å². The van der Waals surface area contributed by atoms with E-state index in [4.69, 9.17) is 4.74 Å². The maximum absolute atomic E-state index is 13.3. The van der Waals surface area contributed by atoms with E-state index in [1.807, 2.05) is 6.92 Å². The number of aliphatic hydroxyl groups is 2. The molecule has 41 heavy (non-hydrogen) atoms. The molecule has 3 unspecified atom stereocenters. The average molecular weight is 579 g/mol. The van der Waals surface area contributed by atoms with Gasteiger partial charge in [0.05, 0.1) is 12.7 Å². The number of carbonyl (C=O) groups excluding carboxylic acids is 4. The molecule has 0 saturated heterocycles. The van der Waals surface area contributed by atoms with Gasteiger partial charge in [0.25, 0.3) is 5.09 Å². The van der Waals surface area contributed by atoms with Gasteiger partial charge >= 0.3 is 5.97 Å². The molecule has 228 valence electrons. The second kappa shape index (κ2) is 12.2. The zero-order valence-corrected chi connectivity index (χ0v) is 23.9. The molecule has 0 aromatic carbocycles. The van der Waals surface area contributed by atoms with Crippen LogP contribution in [0.2, 0.25) is 0 Å². The Morgan fingerprint density at radius 2 is 1.90 bits per heavy atom. The van der Waals surface area contributed by atoms with Crippen molar-refractivity contribution in [2.75, 3.05) is 19.8 Å². The number of amides is 1. The molecule has 7 atom stereocenters. The van der Waals surface area contributed by atoms with E-state index in [-0.39, 0.29) is 60.7 Å². The number of nitrogens with zero attached hydrogens (tertiary/aromatic N) is 1. The van der Waals surface area contributed by atoms with Gasteiger partial charge in [-0.05, 0) is 80.6 Å². The van der Waals surface area contributed by atoms with Crippen LogP contribution in [-0.4, -0.2) is 70.2 Å². The number of Topliss-reactive ketones (excluding diaryl/α,β-unsaturated/α-hetero) is 1. The molecule has 4 aliphatic carbocycles. The van der Waals surface area contributed by atoms with Crippen LogP contribution in [0.4, 0.5) is 0 Å². The Bertz CT molecular complexity index is 1110. The first-order chi connectivity index (χ1) is 19.3. The smallest absolute Gasteiger partial charge is 0.325 e. The highest BCUT2D eigenvalue weighted by molar-refractivity contribution is 5.92. The predicted molar refractivity (Wildman–Crippen MR) is 143 cm³/mol. The maximum atomic E-state index is 13.3. The van der Waals surface area contributed by atoms with Gasteiger partial charge in [0, 0.05) is 18.3 Å². The summed E-state index contributed by atoms with van der Waals surface area (Å²) in [4.78, 5) is 63.9. The van der Waals surface area contributed by atoms with Crippen LogP contribution in [0.3, 0.4) is 0 Å². The molecule has 0 aliphatic heterocycles. The monoisotopic (exact) mass is 578 g/mol. The Hall–Kier alpha value is -2.86. The van der Waals surface area contributed by atoms with Crippen LogP contribution in [-0.2, 0) is 28.8 Å². The molecule has 3 fully saturated rings. The standard InChI is InChI=1S/C29H42N2O10/c1-27-11-9-19(32)14-18(27)7-8-20-21-10-12-29(37,28(21,2)15-22(33)26(20)27)23(34)17-40-25(36)16-30-24(35)6-4-3-5-13-41-31(38)39/h14,20-22,26,33,37H,3-13,15-17H2,1-2H3,(H,30,35)/t20?,21?,22-,26?,27-,28-,29-/m0/s1. The zero-order chi connectivity index (χ0) is 30.0. The van der Waals surface area contributed by atoms with Crippen molar-refractivity contribution in [2.24, 2.45) is 28.6 Å². The summed E-state index contributed by atoms with van der Waals surface area (Å²) >= 11 is 0. The Labute approximate surface area is 239 Å². The number of ether oxygens (including phenoxy) is 1. The molecule has 3 saturated carbocycles. The van der Waals surface area contributed by atoms with E-state index >= 15 is 0 Å². The molecular formula is C29H42N2O10. The lowest BCUT2D eigenvalue weighted by Crippen LogP contribution is -2.62. The number of ketones is 2. The minimum atomic E-state index is -1.74. The van der Waals surface area contributed by atoms with Crippen molar-refractivity contribution < 1.29 is 44.1 Å². The number of nitrogens with one attached hydrogen (secondary N) is 1. The molecular weight excluding hydrogens is 536 g/mol. The fourth-order valence-corrected chi connectivity index (χ4v) is 8.43. The van der Waals surface area contributed by atoms with Crippen LogP contribution in [0.25, 0.3) is 0 Å². The first-order valence-electron chi connectivity index (χ1n) is 14.7. The molecule has 4 aliphatic rings. The quantitative estimate of drug-likeness (QED) is 0.134. The number of hydrogen-bond acceptors (Lipinski definition) is 10. The van der Waals surface area contributed by atoms with Gasteiger partial charge in [0.2, 0.25) is 11.7 Å². The highest BCUT2D eigenvalue weighted by Crippen LogP contribution is 2.67. The number of esters is 1. The van der Waals surface area contributed by atoms with E-state index in [0.29, 0.717) is 38.5 Å². The van der Waals surface area contributed by atoms with E-state index in [1.165, 1.54) is 0 Å². The largest absolute Gasteiger partial charge is 0.456 e. The highest BCUT2D eigenvalue weighted by atomic mass is 16.9. The molecule has 12 nitrogen and oxygen atoms in total. The fourth-order valence-electron chi connectivity index (χ4n) is 8.43. The summed E-state index contributed by atoms with van der Waals surface area (Å²) in [6.07, 6.45) is 6.44. The number of allylic oxidation sites excluding steroid dienone is 1. The molecule has 0 spiro atoms. The van der Waals surface area contributed by atoms with Crippen molar-refractivity contribution in [2.45, 2.75) is 96.2 Å². The average Bonchev–Trinajstić information content (AvgIpc) is 3.18. The van der Waals surface area contributed by atoms with Gasteiger partial charge in [-0.3, -0.25) is 19.2 Å². The molecule has 12 heteroatoms. The van der Waals surface area contributed by atoms with Gasteiger partial charge in [-0.25, -0.2) is 0 Å². The minimum Gasteiger partial charge on any atom is -0.456 e. The predicted octanol–water partition coefficient (Wildman–Crippen LogP) is 2.22. The number of rotatable bonds is 12. The lowest BCUT2D eigenvalue weighted by atomic mass is 9.45. The molecule has 0 heterocycles. The van der Waals surface area contributed by atoms with Crippen LogP contribution < -0.4 is 5.32 Å². The summed E-state index contributed by atoms with van der Waals surface area (Å²) < 4.78 is 5.12. The lowest BCUT2D eigenvalue weighted by Gasteiger charge is -2.60. The van der Waals surface area contributed by atoms with Crippen molar-refractivity contribution in [3.63, 3.8) is 0 Å². The second-order valence-electron chi connectivity index (χ2n) is 12.7. The van der Waals surface area contributed by atoms with Crippen LogP contribution in [0.15, 0.2) is 11.6 Å². The first kappa shape index (κ1) is 31.1. The van der Waals surface area contributed by atoms with E-state index < -0.39 is 47.1 Å². The summed E-state index contributed by atoms with van der Waals surface area (Å²) in [6.45, 7) is 2.93. The third-order valence-electron chi connectivity index (χ3n) is 10.5. The van der Waals surface area contributed by atoms with Crippen molar-refractivity contribution in [1.82, 2.24) is 5.32 Å². The van der Waals surface area contributed by atoms with Crippen LogP contribution in [0, 0.1) is 38.7 Å². The summed E-state index contributed by atoms with van der Waals surface area (Å²) in [6, 6.07) is 0. The molecule has 0 aromatic rings. The van der Waals surface area contributed by atoms with Gasteiger partial charge in [0.1, 0.15) is 12.1 Å². The fraction of sp³-hybridized carbons (Fsp3) is 0.793. The Morgan fingerprint density at radius 3 is 2.63 bits per heavy atom. The van der Waals surface area contributed by atoms with Crippen molar-refractivity contribution in [3.05, 3.63) is 21.8 Å². The molecule has 3 N–H and O–H groups in total. The normalized spacial score (nSPS) is 35.8. The number of unbranched alkanes of at least 4 members (excludes halogenated alkanes) is 2. The third-order valence-corrected chi connectivity index (χ3v) is 10.5. The SMILES string of the molecule is C[C@]12CCC(=O)C=C1CCC1C2[C@@H](O)C[C@@]2(C)C1CC[C@]2(O)C(=O)COC(=O)CNC(=O)CCCCCO[N+](=O)[O-]. The van der Waals surface area contributed by atoms with Crippen molar-refractivity contribution in [3.8, 4) is 0 Å². The zero-order valence-electron chi connectivity index (χ0n) is 23.9. The van der Waals surface area contributed by atoms with Crippen molar-refractivity contribution >= 4 is 23.4 Å². The van der Waals surface area contributed by atoms with Gasteiger partial charge in [-0.1, -0.05) is 25.8 Å². The van der Waals surface area contributed by atoms with E-state index in [1.54, 1.807) is 6.08 Å². The van der Waals surface area contributed by atoms with Crippen molar-refractivity contribution in [1.29, 1.82) is 0 Å². The number of hydrogen-bond donors (Lipinski definition) is 3. The molecule has 4 rings (SSSR count). The van der Waals surface area contributed by atoms with E-state index in [2.05, 4.69) is 17.1 Å². The van der Waals surface area contributed by atoms with Gasteiger partial charge < -0.3 is 25.1 Å². The number of aliphatic hydroxyl groups excluding tert-OH is 1. The summed E-state index contributed by atoms with van der Waals surface area (Å²) in [5.74, 6) is -1.57. The molecule has 0 aromatic heterocycles. The Balaban J connectivity index is 1.28. The topological polar surface area (TPSA) is 182 Å². The molecule has 0 radical (unpaired) electrons.